The summed E-state index contributed by atoms with van der Waals surface area (Å²) in [5.74, 6) is 1.18. The summed E-state index contributed by atoms with van der Waals surface area (Å²) < 4.78 is 26.2. The molecule has 0 N–H and O–H groups in total. The van der Waals surface area contributed by atoms with E-state index in [4.69, 9.17) is 9.47 Å². The van der Waals surface area contributed by atoms with Crippen molar-refractivity contribution in [1.82, 2.24) is 0 Å². The van der Waals surface area contributed by atoms with E-state index in [9.17, 15) is 9.18 Å². The molecule has 34 heavy (non-hydrogen) atoms. The van der Waals surface area contributed by atoms with Crippen LogP contribution in [0.4, 0.5) is 4.39 Å². The van der Waals surface area contributed by atoms with E-state index < -0.39 is 0 Å². The first-order valence-corrected chi connectivity index (χ1v) is 11.4. The van der Waals surface area contributed by atoms with Gasteiger partial charge in [-0.3, -0.25) is 4.79 Å². The maximum atomic E-state index is 14.8. The monoisotopic (exact) mass is 460 g/mol. The van der Waals surface area contributed by atoms with Crippen molar-refractivity contribution in [3.63, 3.8) is 0 Å². The van der Waals surface area contributed by atoms with Gasteiger partial charge in [0.25, 0.3) is 0 Å². The highest BCUT2D eigenvalue weighted by Gasteiger charge is 2.21. The molecule has 3 aromatic carbocycles. The average molecular weight is 461 g/mol. The molecule has 0 aromatic heterocycles. The number of methoxy groups -OCH3 is 1. The highest BCUT2D eigenvalue weighted by atomic mass is 19.1. The molecule has 178 valence electrons. The van der Waals surface area contributed by atoms with Gasteiger partial charge in [-0.2, -0.15) is 0 Å². The lowest BCUT2D eigenvalue weighted by Gasteiger charge is -2.24. The number of allylic oxidation sites excluding steroid dienone is 1. The second-order valence-electron chi connectivity index (χ2n) is 9.58. The van der Waals surface area contributed by atoms with Crippen LogP contribution in [0.25, 0.3) is 11.1 Å². The van der Waals surface area contributed by atoms with E-state index >= 15 is 0 Å². The Balaban J connectivity index is 1.86. The maximum Gasteiger partial charge on any atom is 0.131 e. The number of halogens is 1. The number of rotatable bonds is 9. The van der Waals surface area contributed by atoms with Gasteiger partial charge in [-0.1, -0.05) is 51.1 Å². The van der Waals surface area contributed by atoms with Crippen LogP contribution in [0.5, 0.6) is 11.5 Å². The molecular weight excluding hydrogens is 427 g/mol. The summed E-state index contributed by atoms with van der Waals surface area (Å²) in [6.45, 7) is 12.1. The molecule has 3 rings (SSSR count). The largest absolute Gasteiger partial charge is 0.497 e. The quantitative estimate of drug-likeness (QED) is 0.308. The van der Waals surface area contributed by atoms with E-state index in [2.05, 4.69) is 27.4 Å². The number of carbonyl (C=O) groups is 1. The van der Waals surface area contributed by atoms with Crippen molar-refractivity contribution in [3.8, 4) is 22.6 Å². The average Bonchev–Trinajstić information content (AvgIpc) is 2.81. The van der Waals surface area contributed by atoms with Crippen LogP contribution in [-0.2, 0) is 16.8 Å². The fourth-order valence-electron chi connectivity index (χ4n) is 4.02. The molecular formula is C30H33FO3. The van der Waals surface area contributed by atoms with Gasteiger partial charge in [-0.15, -0.1) is 6.58 Å². The Hall–Kier alpha value is -3.40. The predicted octanol–water partition coefficient (Wildman–Crippen LogP) is 7.63. The van der Waals surface area contributed by atoms with Gasteiger partial charge in [0.05, 0.1) is 7.11 Å². The van der Waals surface area contributed by atoms with Crippen molar-refractivity contribution < 1.29 is 18.7 Å². The molecule has 0 amide bonds. The summed E-state index contributed by atoms with van der Waals surface area (Å²) in [6, 6.07) is 18.6. The number of benzene rings is 3. The molecule has 0 unspecified atom stereocenters. The third-order valence-corrected chi connectivity index (χ3v) is 5.86. The molecule has 1 atom stereocenters. The third kappa shape index (κ3) is 6.13. The van der Waals surface area contributed by atoms with Crippen molar-refractivity contribution in [2.75, 3.05) is 7.11 Å². The molecule has 0 heterocycles. The predicted molar refractivity (Wildman–Crippen MR) is 136 cm³/mol. The molecule has 0 saturated heterocycles. The number of hydrogen-bond acceptors (Lipinski definition) is 3. The zero-order valence-corrected chi connectivity index (χ0v) is 20.7. The zero-order chi connectivity index (χ0) is 24.9. The Kier molecular flexibility index (Phi) is 7.93. The summed E-state index contributed by atoms with van der Waals surface area (Å²) in [5, 5.41) is 0. The first-order valence-electron chi connectivity index (χ1n) is 11.4. The second-order valence-corrected chi connectivity index (χ2v) is 9.58. The molecule has 0 aliphatic heterocycles. The first kappa shape index (κ1) is 25.2. The highest BCUT2D eigenvalue weighted by Crippen LogP contribution is 2.37. The van der Waals surface area contributed by atoms with Gasteiger partial charge < -0.3 is 9.47 Å². The summed E-state index contributed by atoms with van der Waals surface area (Å²) in [5.41, 5.74) is 4.20. The van der Waals surface area contributed by atoms with Crippen LogP contribution < -0.4 is 9.47 Å². The van der Waals surface area contributed by atoms with Gasteiger partial charge in [-0.05, 0) is 71.0 Å². The molecule has 0 spiro atoms. The van der Waals surface area contributed by atoms with Crippen molar-refractivity contribution >= 4 is 5.78 Å². The van der Waals surface area contributed by atoms with E-state index in [-0.39, 0.29) is 22.9 Å². The van der Waals surface area contributed by atoms with Crippen LogP contribution in [0.1, 0.15) is 56.7 Å². The summed E-state index contributed by atoms with van der Waals surface area (Å²) in [4.78, 5) is 11.5. The minimum atomic E-state index is -0.290. The molecule has 0 bridgehead atoms. The van der Waals surface area contributed by atoms with Crippen LogP contribution in [0, 0.1) is 5.82 Å². The minimum absolute atomic E-state index is 0.00295. The molecule has 0 radical (unpaired) electrons. The van der Waals surface area contributed by atoms with E-state index in [1.165, 1.54) is 6.07 Å². The fourth-order valence-corrected chi connectivity index (χ4v) is 4.02. The number of carbonyl (C=O) groups excluding carboxylic acids is 1. The van der Waals surface area contributed by atoms with E-state index in [0.29, 0.717) is 24.3 Å². The minimum Gasteiger partial charge on any atom is -0.497 e. The normalized spacial score (nSPS) is 12.2. The third-order valence-electron chi connectivity index (χ3n) is 5.86. The Bertz CT molecular complexity index is 1160. The fraction of sp³-hybridized carbons (Fsp3) is 0.300. The number of ether oxygens (including phenoxy) is 2. The Morgan fingerprint density at radius 3 is 2.26 bits per heavy atom. The van der Waals surface area contributed by atoms with Gasteiger partial charge in [0.2, 0.25) is 0 Å². The van der Waals surface area contributed by atoms with Crippen LogP contribution in [0.3, 0.4) is 0 Å². The Labute approximate surface area is 202 Å². The second kappa shape index (κ2) is 10.7. The summed E-state index contributed by atoms with van der Waals surface area (Å²) in [6.07, 6.45) is 2.24. The van der Waals surface area contributed by atoms with Crippen molar-refractivity contribution in [2.45, 2.75) is 52.1 Å². The summed E-state index contributed by atoms with van der Waals surface area (Å²) in [7, 11) is 1.58. The van der Waals surface area contributed by atoms with Crippen LogP contribution in [-0.4, -0.2) is 12.9 Å². The van der Waals surface area contributed by atoms with Crippen molar-refractivity contribution in [2.24, 2.45) is 0 Å². The number of hydrogen-bond donors (Lipinski definition) is 0. The van der Waals surface area contributed by atoms with Gasteiger partial charge >= 0.3 is 0 Å². The molecule has 0 saturated carbocycles. The van der Waals surface area contributed by atoms with Gasteiger partial charge in [-0.25, -0.2) is 4.39 Å². The lowest BCUT2D eigenvalue weighted by atomic mass is 9.81. The van der Waals surface area contributed by atoms with Gasteiger partial charge in [0.1, 0.15) is 29.7 Å². The Morgan fingerprint density at radius 2 is 1.68 bits per heavy atom. The molecule has 0 aliphatic rings. The van der Waals surface area contributed by atoms with Crippen LogP contribution in [0.15, 0.2) is 73.3 Å². The number of ketones is 1. The molecule has 3 aromatic rings. The van der Waals surface area contributed by atoms with Gasteiger partial charge in [0, 0.05) is 17.9 Å². The summed E-state index contributed by atoms with van der Waals surface area (Å²) >= 11 is 0. The lowest BCUT2D eigenvalue weighted by Crippen LogP contribution is -2.13. The smallest absolute Gasteiger partial charge is 0.131 e. The van der Waals surface area contributed by atoms with Gasteiger partial charge in [0.15, 0.2) is 0 Å². The Morgan fingerprint density at radius 1 is 1.00 bits per heavy atom. The molecule has 0 fully saturated rings. The van der Waals surface area contributed by atoms with Crippen LogP contribution >= 0.6 is 0 Å². The topological polar surface area (TPSA) is 35.5 Å². The van der Waals surface area contributed by atoms with Crippen molar-refractivity contribution in [3.05, 3.63) is 95.8 Å². The molecule has 4 heteroatoms. The maximum absolute atomic E-state index is 14.8. The first-order chi connectivity index (χ1) is 16.1. The van der Waals surface area contributed by atoms with E-state index in [1.54, 1.807) is 32.2 Å². The van der Waals surface area contributed by atoms with E-state index in [0.717, 1.165) is 28.0 Å². The zero-order valence-electron chi connectivity index (χ0n) is 20.7. The van der Waals surface area contributed by atoms with Crippen LogP contribution in [0.2, 0.25) is 0 Å². The SMILES string of the molecule is C=C[C@H](CC(C)=O)c1ccc(OCc2ccc(C(C)(C)C)c(-c3cc(OC)ccc3F)c2)cc1. The van der Waals surface area contributed by atoms with E-state index in [1.807, 2.05) is 42.5 Å². The number of Topliss-reactive ketones (excluding diaryl/α,β-unsaturated/α-hetero) is 1. The van der Waals surface area contributed by atoms with Crippen molar-refractivity contribution in [1.29, 1.82) is 0 Å². The molecule has 0 aliphatic carbocycles. The standard InChI is InChI=1S/C30H33FO3/c1-7-22(16-20(2)32)23-9-11-24(12-10-23)34-19-21-8-14-28(30(3,4)5)26(17-21)27-18-25(33-6)13-15-29(27)31/h7-15,17-18,22H,1,16,19H2,2-6H3/t22-/m1/s1. The highest BCUT2D eigenvalue weighted by molar-refractivity contribution is 5.76. The molecule has 3 nitrogen and oxygen atoms in total. The lowest BCUT2D eigenvalue weighted by molar-refractivity contribution is -0.117.